The van der Waals surface area contributed by atoms with E-state index in [1.165, 1.54) is 11.1 Å². The van der Waals surface area contributed by atoms with Crippen LogP contribution in [-0.2, 0) is 17.6 Å². The summed E-state index contributed by atoms with van der Waals surface area (Å²) in [5, 5.41) is 24.3. The molecule has 35 heavy (non-hydrogen) atoms. The second-order valence-corrected chi connectivity index (χ2v) is 11.5. The van der Waals surface area contributed by atoms with E-state index in [-0.39, 0.29) is 17.4 Å². The van der Waals surface area contributed by atoms with Crippen LogP contribution in [0, 0.1) is 23.2 Å². The van der Waals surface area contributed by atoms with Gasteiger partial charge in [0.25, 0.3) is 0 Å². The lowest BCUT2D eigenvalue weighted by atomic mass is 9.55. The van der Waals surface area contributed by atoms with Crippen LogP contribution < -0.4 is 11.1 Å². The van der Waals surface area contributed by atoms with E-state index >= 15 is 0 Å². The molecule has 0 heterocycles. The van der Waals surface area contributed by atoms with Gasteiger partial charge in [0.1, 0.15) is 5.75 Å². The predicted molar refractivity (Wildman–Crippen MR) is 138 cm³/mol. The summed E-state index contributed by atoms with van der Waals surface area (Å²) in [6.45, 7) is 2.92. The third kappa shape index (κ3) is 4.73. The molecule has 0 radical (unpaired) electrons. The number of carbonyl (C=O) groups excluding carboxylic acids is 1. The Morgan fingerprint density at radius 1 is 1.20 bits per heavy atom. The number of benzene rings is 2. The van der Waals surface area contributed by atoms with Crippen LogP contribution in [0.5, 0.6) is 5.75 Å². The van der Waals surface area contributed by atoms with Crippen LogP contribution in [0.3, 0.4) is 0 Å². The van der Waals surface area contributed by atoms with Crippen LogP contribution in [0.4, 0.5) is 0 Å². The summed E-state index contributed by atoms with van der Waals surface area (Å²) in [7, 11) is 0. The molecule has 3 unspecified atom stereocenters. The number of phenolic OH excluding ortho intramolecular Hbond substituents is 1. The van der Waals surface area contributed by atoms with Crippen molar-refractivity contribution in [2.24, 2.45) is 28.9 Å². The summed E-state index contributed by atoms with van der Waals surface area (Å²) in [6.07, 6.45) is 7.49. The molecule has 1 amide bonds. The molecule has 0 bridgehead atoms. The molecule has 7 atom stereocenters. The number of fused-ring (bicyclic) bond motifs is 5. The highest BCUT2D eigenvalue weighted by Crippen LogP contribution is 2.62. The number of hydrogen-bond donors (Lipinski definition) is 4. The molecule has 0 saturated heterocycles. The van der Waals surface area contributed by atoms with Crippen molar-refractivity contribution >= 4 is 5.91 Å². The van der Waals surface area contributed by atoms with Crippen molar-refractivity contribution in [3.63, 3.8) is 0 Å². The van der Waals surface area contributed by atoms with E-state index in [9.17, 15) is 15.0 Å². The third-order valence-electron chi connectivity index (χ3n) is 9.51. The van der Waals surface area contributed by atoms with Gasteiger partial charge in [0.05, 0.1) is 12.1 Å². The lowest BCUT2D eigenvalue weighted by molar-refractivity contribution is -0.122. The number of carbonyl (C=O) groups is 1. The van der Waals surface area contributed by atoms with E-state index < -0.39 is 6.04 Å². The largest absolute Gasteiger partial charge is 0.508 e. The maximum Gasteiger partial charge on any atom is 0.237 e. The first-order valence-electron chi connectivity index (χ1n) is 13.4. The van der Waals surface area contributed by atoms with E-state index in [4.69, 9.17) is 5.73 Å². The Kier molecular flexibility index (Phi) is 6.91. The van der Waals surface area contributed by atoms with E-state index in [0.29, 0.717) is 42.4 Å². The van der Waals surface area contributed by atoms with Gasteiger partial charge in [-0.2, -0.15) is 0 Å². The number of aryl methyl sites for hydroxylation is 1. The summed E-state index contributed by atoms with van der Waals surface area (Å²) in [6, 6.07) is 15.3. The van der Waals surface area contributed by atoms with Gasteiger partial charge in [-0.3, -0.25) is 4.79 Å². The second kappa shape index (κ2) is 9.94. The number of rotatable bonds is 7. The van der Waals surface area contributed by atoms with Gasteiger partial charge >= 0.3 is 0 Å². The third-order valence-corrected chi connectivity index (χ3v) is 9.51. The van der Waals surface area contributed by atoms with Crippen LogP contribution in [0.25, 0.3) is 0 Å². The predicted octanol–water partition coefficient (Wildman–Crippen LogP) is 4.30. The topological polar surface area (TPSA) is 95.6 Å². The minimum atomic E-state index is -0.538. The highest BCUT2D eigenvalue weighted by atomic mass is 16.3. The lowest BCUT2D eigenvalue weighted by Gasteiger charge is -2.50. The van der Waals surface area contributed by atoms with Crippen LogP contribution in [0.2, 0.25) is 0 Å². The van der Waals surface area contributed by atoms with E-state index in [0.717, 1.165) is 50.5 Å². The van der Waals surface area contributed by atoms with E-state index in [1.807, 2.05) is 42.5 Å². The Hall–Kier alpha value is -2.37. The van der Waals surface area contributed by atoms with E-state index in [1.54, 1.807) is 0 Å². The number of nitrogens with one attached hydrogen (secondary N) is 1. The minimum Gasteiger partial charge on any atom is -0.508 e. The van der Waals surface area contributed by atoms with Gasteiger partial charge in [-0.25, -0.2) is 0 Å². The highest BCUT2D eigenvalue weighted by molar-refractivity contribution is 5.81. The second-order valence-electron chi connectivity index (χ2n) is 11.5. The van der Waals surface area contributed by atoms with Crippen molar-refractivity contribution in [2.75, 3.05) is 6.54 Å². The van der Waals surface area contributed by atoms with Crippen molar-refractivity contribution in [3.8, 4) is 5.75 Å². The summed E-state index contributed by atoms with van der Waals surface area (Å²) >= 11 is 0. The molecule has 3 aliphatic rings. The Balaban J connectivity index is 1.14. The zero-order chi connectivity index (χ0) is 24.6. The van der Waals surface area contributed by atoms with Gasteiger partial charge in [0.2, 0.25) is 5.91 Å². The molecule has 2 saturated carbocycles. The van der Waals surface area contributed by atoms with Crippen molar-refractivity contribution < 1.29 is 15.0 Å². The first kappa shape index (κ1) is 24.3. The van der Waals surface area contributed by atoms with Crippen molar-refractivity contribution in [1.82, 2.24) is 5.32 Å². The summed E-state index contributed by atoms with van der Waals surface area (Å²) in [4.78, 5) is 12.4. The van der Waals surface area contributed by atoms with Gasteiger partial charge < -0.3 is 21.3 Å². The number of aliphatic hydroxyl groups excluding tert-OH is 1. The van der Waals surface area contributed by atoms with Crippen LogP contribution in [-0.4, -0.2) is 34.8 Å². The number of amides is 1. The fourth-order valence-electron chi connectivity index (χ4n) is 7.66. The Morgan fingerprint density at radius 3 is 2.80 bits per heavy atom. The molecule has 5 rings (SSSR count). The standard InChI is InChI=1S/C30H40N2O3/c1-30-14-13-24-23-12-10-22(33)17-20(23)9-11-25(24)26(30)18-21(28(30)34)8-5-15-32-29(35)27(31)16-19-6-3-2-4-7-19/h2-4,6-7,10,12,17,21,24-28,33-34H,5,8-9,11,13-16,18,31H2,1H3,(H,32,35)/t21-,24?,25?,26?,27-,28-,30-/m0/s1. The molecule has 5 nitrogen and oxygen atoms in total. The monoisotopic (exact) mass is 476 g/mol. The minimum absolute atomic E-state index is 0.0124. The molecule has 0 spiro atoms. The Bertz CT molecular complexity index is 1040. The zero-order valence-electron chi connectivity index (χ0n) is 20.8. The van der Waals surface area contributed by atoms with E-state index in [2.05, 4.69) is 18.3 Å². The number of nitrogens with two attached hydrogens (primary N) is 1. The Morgan fingerprint density at radius 2 is 2.00 bits per heavy atom. The highest BCUT2D eigenvalue weighted by Gasteiger charge is 2.57. The quantitative estimate of drug-likeness (QED) is 0.448. The molecule has 2 fully saturated rings. The molecular formula is C30H40N2O3. The SMILES string of the molecule is C[C@]12CCC3c4ccc(O)cc4CCC3C1C[C@H](CCCNC(=O)[C@@H](N)Cc1ccccc1)[C@@H]2O. The van der Waals surface area contributed by atoms with Gasteiger partial charge in [0.15, 0.2) is 0 Å². The molecule has 0 aliphatic heterocycles. The van der Waals surface area contributed by atoms with Gasteiger partial charge in [-0.15, -0.1) is 0 Å². The van der Waals surface area contributed by atoms with Crippen molar-refractivity contribution in [1.29, 1.82) is 0 Å². The van der Waals surface area contributed by atoms with Crippen LogP contribution >= 0.6 is 0 Å². The van der Waals surface area contributed by atoms with Crippen molar-refractivity contribution in [3.05, 3.63) is 65.2 Å². The smallest absolute Gasteiger partial charge is 0.237 e. The average molecular weight is 477 g/mol. The number of aliphatic hydroxyl groups is 1. The fourth-order valence-corrected chi connectivity index (χ4v) is 7.66. The Labute approximate surface area is 209 Å². The maximum atomic E-state index is 12.4. The van der Waals surface area contributed by atoms with Crippen LogP contribution in [0.1, 0.15) is 68.1 Å². The zero-order valence-corrected chi connectivity index (χ0v) is 20.8. The molecular weight excluding hydrogens is 436 g/mol. The maximum absolute atomic E-state index is 12.4. The van der Waals surface area contributed by atoms with Crippen molar-refractivity contribution in [2.45, 2.75) is 76.4 Å². The molecule has 3 aliphatic carbocycles. The number of aromatic hydroxyl groups is 1. The average Bonchev–Trinajstić information content (AvgIpc) is 3.12. The normalized spacial score (nSPS) is 32.3. The molecule has 5 N–H and O–H groups in total. The van der Waals surface area contributed by atoms with Gasteiger partial charge in [0, 0.05) is 6.54 Å². The number of hydrogen-bond acceptors (Lipinski definition) is 4. The van der Waals surface area contributed by atoms with Gasteiger partial charge in [-0.05, 0) is 109 Å². The van der Waals surface area contributed by atoms with Crippen LogP contribution in [0.15, 0.2) is 48.5 Å². The first-order valence-corrected chi connectivity index (χ1v) is 13.4. The molecule has 5 heteroatoms. The summed E-state index contributed by atoms with van der Waals surface area (Å²) in [5.74, 6) is 2.26. The van der Waals surface area contributed by atoms with Gasteiger partial charge in [-0.1, -0.05) is 43.3 Å². The lowest BCUT2D eigenvalue weighted by Crippen LogP contribution is -2.44. The summed E-state index contributed by atoms with van der Waals surface area (Å²) < 4.78 is 0. The summed E-state index contributed by atoms with van der Waals surface area (Å²) in [5.41, 5.74) is 9.90. The first-order chi connectivity index (χ1) is 16.9. The number of phenols is 1. The molecule has 2 aromatic carbocycles. The fraction of sp³-hybridized carbons (Fsp3) is 0.567. The molecule has 188 valence electrons. The molecule has 2 aromatic rings. The molecule has 0 aromatic heterocycles.